The van der Waals surface area contributed by atoms with E-state index in [1.165, 1.54) is 4.90 Å². The maximum absolute atomic E-state index is 12.8. The van der Waals surface area contributed by atoms with Crippen LogP contribution in [0.2, 0.25) is 0 Å². The molecule has 2 aliphatic rings. The minimum Gasteiger partial charge on any atom is -0.444 e. The van der Waals surface area contributed by atoms with E-state index < -0.39 is 29.7 Å². The lowest BCUT2D eigenvalue weighted by Gasteiger charge is -2.32. The first kappa shape index (κ1) is 20.5. The second-order valence-electron chi connectivity index (χ2n) is 7.24. The summed E-state index contributed by atoms with van der Waals surface area (Å²) in [6, 6.07) is -0.164. The number of carbonyl (C=O) groups excluding carboxylic acids is 3. The number of morpholine rings is 1. The fraction of sp³-hybridized carbons (Fsp3) is 0.667. The molecular weight excluding hydrogens is 352 g/mol. The number of amides is 3. The number of rotatable bonds is 3. The Morgan fingerprint density at radius 3 is 2.56 bits per heavy atom. The lowest BCUT2D eigenvalue weighted by molar-refractivity contribution is -0.144. The van der Waals surface area contributed by atoms with Crippen LogP contribution in [0, 0.1) is 23.2 Å². The van der Waals surface area contributed by atoms with Gasteiger partial charge in [-0.15, -0.1) is 0 Å². The third kappa shape index (κ3) is 5.60. The zero-order valence-electron chi connectivity index (χ0n) is 15.8. The number of nitrogens with zero attached hydrogens (tertiary/aromatic N) is 3. The Morgan fingerprint density at radius 2 is 1.96 bits per heavy atom. The van der Waals surface area contributed by atoms with Crippen molar-refractivity contribution in [3.8, 4) is 17.9 Å². The summed E-state index contributed by atoms with van der Waals surface area (Å²) >= 11 is 0. The first-order valence-corrected chi connectivity index (χ1v) is 8.79. The van der Waals surface area contributed by atoms with Gasteiger partial charge in [0.1, 0.15) is 11.6 Å². The highest BCUT2D eigenvalue weighted by molar-refractivity contribution is 5.94. The molecule has 2 rings (SSSR count). The fourth-order valence-electron chi connectivity index (χ4n) is 2.87. The molecule has 0 aromatic carbocycles. The molecule has 0 bridgehead atoms. The zero-order chi connectivity index (χ0) is 20.0. The van der Waals surface area contributed by atoms with Gasteiger partial charge in [0.25, 0.3) is 5.91 Å². The largest absolute Gasteiger partial charge is 0.444 e. The quantitative estimate of drug-likeness (QED) is 0.687. The Balaban J connectivity index is 2.08. The predicted octanol–water partition coefficient (Wildman–Crippen LogP) is -0.134. The van der Waals surface area contributed by atoms with E-state index in [-0.39, 0.29) is 12.5 Å². The van der Waals surface area contributed by atoms with Crippen molar-refractivity contribution in [3.05, 3.63) is 0 Å². The van der Waals surface area contributed by atoms with Crippen LogP contribution in [0.4, 0.5) is 4.79 Å². The van der Waals surface area contributed by atoms with Crippen LogP contribution >= 0.6 is 0 Å². The summed E-state index contributed by atoms with van der Waals surface area (Å²) in [5.74, 6) is 4.03. The van der Waals surface area contributed by atoms with Crippen molar-refractivity contribution >= 4 is 17.9 Å². The van der Waals surface area contributed by atoms with Crippen LogP contribution in [0.5, 0.6) is 0 Å². The summed E-state index contributed by atoms with van der Waals surface area (Å²) in [6.07, 6.45) is -0.360. The van der Waals surface area contributed by atoms with E-state index in [1.807, 2.05) is 0 Å². The van der Waals surface area contributed by atoms with Gasteiger partial charge in [0.05, 0.1) is 13.2 Å². The Hall–Kier alpha value is -2.78. The summed E-state index contributed by atoms with van der Waals surface area (Å²) in [5.41, 5.74) is -0.682. The second kappa shape index (κ2) is 8.74. The molecule has 1 N–H and O–H groups in total. The minimum atomic E-state index is -1.05. The van der Waals surface area contributed by atoms with Gasteiger partial charge in [-0.05, 0) is 27.2 Å². The summed E-state index contributed by atoms with van der Waals surface area (Å²) in [5, 5.41) is 11.3. The Kier molecular flexibility index (Phi) is 6.65. The van der Waals surface area contributed by atoms with E-state index in [0.29, 0.717) is 32.7 Å². The van der Waals surface area contributed by atoms with Crippen molar-refractivity contribution in [3.63, 3.8) is 0 Å². The number of nitrogens with one attached hydrogen (secondary N) is 1. The van der Waals surface area contributed by atoms with Gasteiger partial charge >= 0.3 is 6.09 Å². The molecule has 9 heteroatoms. The van der Waals surface area contributed by atoms with E-state index in [1.54, 1.807) is 31.7 Å². The number of carbonyl (C=O) groups is 3. The SMILES string of the molecule is CC(C)(C)OC(=O)N[C@H]1CCN([C@@H](C#CC#N)C(=O)N2CCOCC2)C1=O. The number of hydrogen-bond donors (Lipinski definition) is 1. The highest BCUT2D eigenvalue weighted by atomic mass is 16.6. The van der Waals surface area contributed by atoms with Crippen molar-refractivity contribution in [1.82, 2.24) is 15.1 Å². The first-order valence-electron chi connectivity index (χ1n) is 8.79. The summed E-state index contributed by atoms with van der Waals surface area (Å²) in [4.78, 5) is 40.3. The second-order valence-corrected chi connectivity index (χ2v) is 7.24. The van der Waals surface area contributed by atoms with Crippen LogP contribution in [0.25, 0.3) is 0 Å². The van der Waals surface area contributed by atoms with Crippen molar-refractivity contribution < 1.29 is 23.9 Å². The van der Waals surface area contributed by atoms with Crippen molar-refractivity contribution in [2.45, 2.75) is 44.9 Å². The van der Waals surface area contributed by atoms with Crippen molar-refractivity contribution in [1.29, 1.82) is 5.26 Å². The van der Waals surface area contributed by atoms with E-state index >= 15 is 0 Å². The molecule has 2 saturated heterocycles. The van der Waals surface area contributed by atoms with E-state index in [0.717, 1.165) is 0 Å². The van der Waals surface area contributed by atoms with Crippen molar-refractivity contribution in [2.75, 3.05) is 32.8 Å². The molecule has 27 heavy (non-hydrogen) atoms. The fourth-order valence-corrected chi connectivity index (χ4v) is 2.87. The third-order valence-corrected chi connectivity index (χ3v) is 4.06. The molecular formula is C18H24N4O5. The van der Waals surface area contributed by atoms with Crippen LogP contribution in [0.1, 0.15) is 27.2 Å². The van der Waals surface area contributed by atoms with Gasteiger partial charge in [-0.2, -0.15) is 5.26 Å². The molecule has 2 heterocycles. The van der Waals surface area contributed by atoms with Crippen LogP contribution in [0.3, 0.4) is 0 Å². The van der Waals surface area contributed by atoms with Crippen LogP contribution in [0.15, 0.2) is 0 Å². The molecule has 0 aliphatic carbocycles. The van der Waals surface area contributed by atoms with E-state index in [4.69, 9.17) is 14.7 Å². The van der Waals surface area contributed by atoms with Crippen LogP contribution < -0.4 is 5.32 Å². The summed E-state index contributed by atoms with van der Waals surface area (Å²) < 4.78 is 10.4. The highest BCUT2D eigenvalue weighted by Gasteiger charge is 2.41. The van der Waals surface area contributed by atoms with Gasteiger partial charge in [-0.25, -0.2) is 4.79 Å². The van der Waals surface area contributed by atoms with Gasteiger partial charge in [0.15, 0.2) is 12.1 Å². The monoisotopic (exact) mass is 376 g/mol. The molecule has 9 nitrogen and oxygen atoms in total. The molecule has 0 spiro atoms. The molecule has 146 valence electrons. The third-order valence-electron chi connectivity index (χ3n) is 4.06. The molecule has 2 aliphatic heterocycles. The van der Waals surface area contributed by atoms with Gasteiger partial charge in [0, 0.05) is 25.6 Å². The average molecular weight is 376 g/mol. The van der Waals surface area contributed by atoms with Crippen LogP contribution in [-0.4, -0.2) is 78.2 Å². The van der Waals surface area contributed by atoms with Crippen LogP contribution in [-0.2, 0) is 19.1 Å². The maximum Gasteiger partial charge on any atom is 0.408 e. The topological polar surface area (TPSA) is 112 Å². The number of nitriles is 1. The number of ether oxygens (including phenoxy) is 2. The predicted molar refractivity (Wildman–Crippen MR) is 94.1 cm³/mol. The maximum atomic E-state index is 12.8. The zero-order valence-corrected chi connectivity index (χ0v) is 15.8. The average Bonchev–Trinajstić information content (AvgIpc) is 2.95. The Bertz CT molecular complexity index is 691. The molecule has 2 fully saturated rings. The number of alkyl carbamates (subject to hydrolysis) is 1. The number of likely N-dealkylation sites (tertiary alicyclic amines) is 1. The molecule has 0 unspecified atom stereocenters. The van der Waals surface area contributed by atoms with Gasteiger partial charge < -0.3 is 24.6 Å². The molecule has 3 amide bonds. The van der Waals surface area contributed by atoms with E-state index in [9.17, 15) is 14.4 Å². The molecule has 0 aromatic heterocycles. The molecule has 0 radical (unpaired) electrons. The van der Waals surface area contributed by atoms with E-state index in [2.05, 4.69) is 17.2 Å². The van der Waals surface area contributed by atoms with Crippen molar-refractivity contribution in [2.24, 2.45) is 0 Å². The highest BCUT2D eigenvalue weighted by Crippen LogP contribution is 2.18. The Morgan fingerprint density at radius 1 is 1.30 bits per heavy atom. The Labute approximate surface area is 158 Å². The first-order chi connectivity index (χ1) is 12.7. The smallest absolute Gasteiger partial charge is 0.408 e. The summed E-state index contributed by atoms with van der Waals surface area (Å²) in [6.45, 7) is 7.08. The lowest BCUT2D eigenvalue weighted by atomic mass is 10.2. The summed E-state index contributed by atoms with van der Waals surface area (Å²) in [7, 11) is 0. The molecule has 0 aromatic rings. The van der Waals surface area contributed by atoms with Gasteiger partial charge in [-0.1, -0.05) is 5.92 Å². The minimum absolute atomic E-state index is 0.250. The number of hydrogen-bond acceptors (Lipinski definition) is 6. The lowest BCUT2D eigenvalue weighted by Crippen LogP contribution is -2.53. The van der Waals surface area contributed by atoms with Gasteiger partial charge in [-0.3, -0.25) is 9.59 Å². The standard InChI is InChI=1S/C18H24N4O5/c1-18(2,3)27-17(25)20-13-6-8-22(15(13)23)14(5-4-7-19)16(24)21-9-11-26-12-10-21/h13-14H,6,8-12H2,1-3H3,(H,20,25)/t13-,14-/m0/s1. The molecule has 0 saturated carbocycles. The normalized spacial score (nSPS) is 21.0. The molecule has 2 atom stereocenters. The van der Waals surface area contributed by atoms with Gasteiger partial charge in [0.2, 0.25) is 5.91 Å².